The number of nitrogens with zero attached hydrogens (tertiary/aromatic N) is 6. The van der Waals surface area contributed by atoms with Gasteiger partial charge in [0.1, 0.15) is 5.56 Å². The number of aromatic amines is 1. The van der Waals surface area contributed by atoms with Gasteiger partial charge in [0.2, 0.25) is 5.82 Å². The van der Waals surface area contributed by atoms with E-state index in [2.05, 4.69) is 61.8 Å². The average Bonchev–Trinajstić information content (AvgIpc) is 3.50. The molecule has 2 heterocycles. The molecule has 2 aromatic carbocycles. The van der Waals surface area contributed by atoms with E-state index in [-0.39, 0.29) is 5.97 Å². The molecule has 0 radical (unpaired) electrons. The molecule has 0 aliphatic carbocycles. The van der Waals surface area contributed by atoms with Gasteiger partial charge in [-0.25, -0.2) is 4.79 Å². The molecule has 0 atom stereocenters. The van der Waals surface area contributed by atoms with Crippen molar-refractivity contribution in [3.05, 3.63) is 65.9 Å². The number of ether oxygens (including phenoxy) is 1. The Morgan fingerprint density at radius 3 is 2.52 bits per heavy atom. The average molecular weight is 446 g/mol. The topological polar surface area (TPSA) is 102 Å². The van der Waals surface area contributed by atoms with Crippen LogP contribution in [-0.2, 0) is 18.3 Å². The van der Waals surface area contributed by atoms with Crippen molar-refractivity contribution in [3.8, 4) is 22.5 Å². The predicted octanol–water partition coefficient (Wildman–Crippen LogP) is 3.86. The Labute approximate surface area is 192 Å². The Morgan fingerprint density at radius 2 is 1.85 bits per heavy atom. The summed E-state index contributed by atoms with van der Waals surface area (Å²) in [4.78, 5) is 14.6. The summed E-state index contributed by atoms with van der Waals surface area (Å²) in [6.45, 7) is 5.64. The molecule has 0 saturated carbocycles. The summed E-state index contributed by atoms with van der Waals surface area (Å²) < 4.78 is 6.89. The lowest BCUT2D eigenvalue weighted by atomic mass is 9.98. The summed E-state index contributed by atoms with van der Waals surface area (Å²) in [6, 6.07) is 16.3. The Hall–Kier alpha value is -4.01. The van der Waals surface area contributed by atoms with Gasteiger partial charge in [0.25, 0.3) is 0 Å². The maximum atomic E-state index is 12.5. The number of benzene rings is 2. The highest BCUT2D eigenvalue weighted by Crippen LogP contribution is 2.30. The second-order valence-electron chi connectivity index (χ2n) is 7.66. The van der Waals surface area contributed by atoms with E-state index in [0.717, 1.165) is 35.2 Å². The van der Waals surface area contributed by atoms with Crippen LogP contribution in [0.25, 0.3) is 22.5 Å². The van der Waals surface area contributed by atoms with E-state index < -0.39 is 0 Å². The minimum atomic E-state index is -0.352. The summed E-state index contributed by atoms with van der Waals surface area (Å²) in [6.07, 6.45) is 2.64. The van der Waals surface area contributed by atoms with Crippen molar-refractivity contribution >= 4 is 11.8 Å². The zero-order valence-corrected chi connectivity index (χ0v) is 19.0. The molecule has 0 bridgehead atoms. The highest BCUT2D eigenvalue weighted by atomic mass is 16.5. The lowest BCUT2D eigenvalue weighted by Gasteiger charge is -2.23. The van der Waals surface area contributed by atoms with Gasteiger partial charge in [0.15, 0.2) is 5.82 Å². The second kappa shape index (κ2) is 10.1. The minimum absolute atomic E-state index is 0.327. The van der Waals surface area contributed by atoms with Crippen LogP contribution in [0.15, 0.2) is 54.7 Å². The molecule has 0 spiro atoms. The van der Waals surface area contributed by atoms with Crippen LogP contribution in [0.4, 0.5) is 5.82 Å². The molecule has 0 amide bonds. The van der Waals surface area contributed by atoms with E-state index in [0.29, 0.717) is 30.4 Å². The van der Waals surface area contributed by atoms with Crippen molar-refractivity contribution in [2.75, 3.05) is 18.1 Å². The van der Waals surface area contributed by atoms with Crippen LogP contribution in [0.1, 0.15) is 36.2 Å². The molecule has 0 fully saturated rings. The van der Waals surface area contributed by atoms with Crippen molar-refractivity contribution in [1.82, 2.24) is 30.4 Å². The van der Waals surface area contributed by atoms with Crippen molar-refractivity contribution in [3.63, 3.8) is 0 Å². The van der Waals surface area contributed by atoms with Gasteiger partial charge in [-0.15, -0.1) is 10.2 Å². The molecule has 170 valence electrons. The Bertz CT molecular complexity index is 1200. The Balaban J connectivity index is 1.60. The number of aryl methyl sites for hydroxylation is 1. The first-order valence-electron chi connectivity index (χ1n) is 11.0. The molecule has 0 saturated heterocycles. The summed E-state index contributed by atoms with van der Waals surface area (Å²) in [5.41, 5.74) is 4.61. The zero-order valence-electron chi connectivity index (χ0n) is 19.0. The third-order valence-corrected chi connectivity index (χ3v) is 5.25. The van der Waals surface area contributed by atoms with Crippen LogP contribution in [0.2, 0.25) is 0 Å². The molecular weight excluding hydrogens is 418 g/mol. The third kappa shape index (κ3) is 4.92. The fourth-order valence-electron chi connectivity index (χ4n) is 3.81. The first kappa shape index (κ1) is 22.2. The van der Waals surface area contributed by atoms with Crippen LogP contribution >= 0.6 is 0 Å². The van der Waals surface area contributed by atoms with Gasteiger partial charge < -0.3 is 9.64 Å². The van der Waals surface area contributed by atoms with Crippen molar-refractivity contribution in [1.29, 1.82) is 0 Å². The van der Waals surface area contributed by atoms with E-state index in [1.165, 1.54) is 0 Å². The minimum Gasteiger partial charge on any atom is -0.462 e. The lowest BCUT2D eigenvalue weighted by Crippen LogP contribution is -2.26. The van der Waals surface area contributed by atoms with Crippen LogP contribution in [-0.4, -0.2) is 49.5 Å². The number of carbonyl (C=O) groups is 1. The Morgan fingerprint density at radius 1 is 1.09 bits per heavy atom. The van der Waals surface area contributed by atoms with Gasteiger partial charge in [-0.05, 0) is 35.2 Å². The smallest absolute Gasteiger partial charge is 0.343 e. The first-order chi connectivity index (χ1) is 16.1. The maximum absolute atomic E-state index is 12.5. The molecule has 9 nitrogen and oxygen atoms in total. The number of anilines is 1. The molecule has 1 N–H and O–H groups in total. The number of nitrogens with one attached hydrogen (secondary N) is 1. The van der Waals surface area contributed by atoms with Gasteiger partial charge in [-0.2, -0.15) is 10.3 Å². The summed E-state index contributed by atoms with van der Waals surface area (Å²) in [7, 11) is 1.81. The number of tetrazole rings is 1. The Kier molecular flexibility index (Phi) is 6.77. The summed E-state index contributed by atoms with van der Waals surface area (Å²) in [5.74, 6) is 0.852. The maximum Gasteiger partial charge on any atom is 0.343 e. The first-order valence-corrected chi connectivity index (χ1v) is 11.0. The van der Waals surface area contributed by atoms with Gasteiger partial charge in [-0.3, -0.25) is 4.68 Å². The number of rotatable bonds is 9. The van der Waals surface area contributed by atoms with Gasteiger partial charge >= 0.3 is 5.97 Å². The van der Waals surface area contributed by atoms with E-state index in [1.807, 2.05) is 31.3 Å². The number of esters is 1. The molecular formula is C24H27N7O2. The molecule has 0 unspecified atom stereocenters. The van der Waals surface area contributed by atoms with Crippen LogP contribution in [0, 0.1) is 0 Å². The fraction of sp³-hybridized carbons (Fsp3) is 0.292. The highest BCUT2D eigenvalue weighted by Gasteiger charge is 2.22. The zero-order chi connectivity index (χ0) is 23.2. The van der Waals surface area contributed by atoms with E-state index in [9.17, 15) is 4.79 Å². The monoisotopic (exact) mass is 445 g/mol. The van der Waals surface area contributed by atoms with Gasteiger partial charge in [0, 0.05) is 31.9 Å². The van der Waals surface area contributed by atoms with Crippen LogP contribution in [0.3, 0.4) is 0 Å². The number of aromatic nitrogens is 6. The highest BCUT2D eigenvalue weighted by molar-refractivity contribution is 5.94. The van der Waals surface area contributed by atoms with Crippen LogP contribution < -0.4 is 4.90 Å². The lowest BCUT2D eigenvalue weighted by molar-refractivity contribution is 0.0527. The second-order valence-corrected chi connectivity index (χ2v) is 7.66. The van der Waals surface area contributed by atoms with Gasteiger partial charge in [-0.1, -0.05) is 55.5 Å². The van der Waals surface area contributed by atoms with Crippen molar-refractivity contribution in [2.45, 2.75) is 26.8 Å². The molecule has 33 heavy (non-hydrogen) atoms. The predicted molar refractivity (Wildman–Crippen MR) is 126 cm³/mol. The third-order valence-electron chi connectivity index (χ3n) is 5.25. The fourth-order valence-corrected chi connectivity index (χ4v) is 3.81. The number of carbonyl (C=O) groups excluding carboxylic acids is 1. The molecule has 4 aromatic rings. The van der Waals surface area contributed by atoms with E-state index in [4.69, 9.17) is 4.74 Å². The number of hydrogen-bond donors (Lipinski definition) is 1. The molecule has 0 aliphatic heterocycles. The summed E-state index contributed by atoms with van der Waals surface area (Å²) >= 11 is 0. The molecule has 4 rings (SSSR count). The number of H-pyrrole nitrogens is 1. The quantitative estimate of drug-likeness (QED) is 0.390. The molecule has 9 heteroatoms. The molecule has 0 aliphatic rings. The van der Waals surface area contributed by atoms with E-state index >= 15 is 0 Å². The van der Waals surface area contributed by atoms with E-state index in [1.54, 1.807) is 17.8 Å². The van der Waals surface area contributed by atoms with Crippen LogP contribution in [0.5, 0.6) is 0 Å². The standard InChI is InChI=1S/C24H27N7O2/c1-4-14-31(23-21(16-30(3)27-23)24(32)33-5-2)15-17-10-12-18(13-11-17)19-8-6-7-9-20(19)22-25-28-29-26-22/h6-13,16H,4-5,14-15H2,1-3H3,(H,25,26,28,29). The van der Waals surface area contributed by atoms with Crippen molar-refractivity contribution in [2.24, 2.45) is 7.05 Å². The number of hydrogen-bond acceptors (Lipinski definition) is 7. The largest absolute Gasteiger partial charge is 0.462 e. The van der Waals surface area contributed by atoms with Gasteiger partial charge in [0.05, 0.1) is 6.61 Å². The van der Waals surface area contributed by atoms with Crippen molar-refractivity contribution < 1.29 is 9.53 Å². The summed E-state index contributed by atoms with van der Waals surface area (Å²) in [5, 5.41) is 19.0. The molecule has 2 aromatic heterocycles. The normalized spacial score (nSPS) is 10.9. The SMILES string of the molecule is CCCN(Cc1ccc(-c2ccccc2-c2nn[nH]n2)cc1)c1nn(C)cc1C(=O)OCC.